The van der Waals surface area contributed by atoms with E-state index < -0.39 is 0 Å². The summed E-state index contributed by atoms with van der Waals surface area (Å²) < 4.78 is 0. The number of aryl methyl sites for hydroxylation is 1. The molecule has 5 nitrogen and oxygen atoms in total. The highest BCUT2D eigenvalue weighted by atomic mass is 16.2. The van der Waals surface area contributed by atoms with Gasteiger partial charge in [-0.25, -0.2) is 0 Å². The fourth-order valence-electron chi connectivity index (χ4n) is 3.52. The number of benzene rings is 1. The van der Waals surface area contributed by atoms with Crippen molar-refractivity contribution in [3.8, 4) is 0 Å². The number of hydrogen-bond donors (Lipinski definition) is 0. The number of rotatable bonds is 2. The second-order valence-corrected chi connectivity index (χ2v) is 6.56. The Kier molecular flexibility index (Phi) is 4.14. The van der Waals surface area contributed by atoms with Crippen molar-refractivity contribution in [2.24, 2.45) is 0 Å². The second kappa shape index (κ2) is 6.59. The molecule has 0 N–H and O–H groups in total. The topological polar surface area (TPSA) is 59.0 Å². The maximum absolute atomic E-state index is 13.1. The lowest BCUT2D eigenvalue weighted by molar-refractivity contribution is 0.0702. The highest BCUT2D eigenvalue weighted by Crippen LogP contribution is 2.27. The normalized spacial score (nSPS) is 17.6. The highest BCUT2D eigenvalue weighted by Gasteiger charge is 2.27. The Balaban J connectivity index is 1.61. The molecule has 1 atom stereocenters. The summed E-state index contributed by atoms with van der Waals surface area (Å²) in [5, 5.41) is 1.95. The van der Waals surface area contributed by atoms with Gasteiger partial charge in [-0.2, -0.15) is 0 Å². The lowest BCUT2D eigenvalue weighted by Crippen LogP contribution is -2.39. The van der Waals surface area contributed by atoms with Crippen LogP contribution in [0.5, 0.6) is 0 Å². The van der Waals surface area contributed by atoms with Crippen LogP contribution in [0.25, 0.3) is 10.8 Å². The number of fused-ring (bicyclic) bond motifs is 1. The SMILES string of the molecule is Cc1cncc([C@H]2CCCN(C(=O)c3nccc4ccccc34)C2)n1. The van der Waals surface area contributed by atoms with E-state index in [1.165, 1.54) is 0 Å². The van der Waals surface area contributed by atoms with E-state index >= 15 is 0 Å². The molecule has 25 heavy (non-hydrogen) atoms. The lowest BCUT2D eigenvalue weighted by atomic mass is 9.94. The fourth-order valence-corrected chi connectivity index (χ4v) is 3.52. The van der Waals surface area contributed by atoms with Crippen LogP contribution >= 0.6 is 0 Å². The number of piperidine rings is 1. The zero-order valence-corrected chi connectivity index (χ0v) is 14.2. The third-order valence-electron chi connectivity index (χ3n) is 4.78. The first-order valence-corrected chi connectivity index (χ1v) is 8.64. The van der Waals surface area contributed by atoms with E-state index in [2.05, 4.69) is 15.0 Å². The molecule has 5 heteroatoms. The van der Waals surface area contributed by atoms with Gasteiger partial charge in [-0.1, -0.05) is 24.3 Å². The third kappa shape index (κ3) is 3.09. The average Bonchev–Trinajstić information content (AvgIpc) is 2.67. The molecule has 1 fully saturated rings. The van der Waals surface area contributed by atoms with E-state index in [0.717, 1.165) is 41.5 Å². The summed E-state index contributed by atoms with van der Waals surface area (Å²) in [7, 11) is 0. The average molecular weight is 332 g/mol. The van der Waals surface area contributed by atoms with E-state index in [1.54, 1.807) is 12.4 Å². The van der Waals surface area contributed by atoms with Gasteiger partial charge in [-0.05, 0) is 31.2 Å². The van der Waals surface area contributed by atoms with Crippen molar-refractivity contribution < 1.29 is 4.79 Å². The van der Waals surface area contributed by atoms with Crippen LogP contribution in [-0.4, -0.2) is 38.8 Å². The fraction of sp³-hybridized carbons (Fsp3) is 0.300. The van der Waals surface area contributed by atoms with Crippen molar-refractivity contribution in [2.45, 2.75) is 25.7 Å². The highest BCUT2D eigenvalue weighted by molar-refractivity contribution is 6.05. The maximum atomic E-state index is 13.1. The molecule has 1 saturated heterocycles. The molecule has 1 aliphatic rings. The van der Waals surface area contributed by atoms with Crippen LogP contribution in [0.15, 0.2) is 48.9 Å². The molecule has 0 bridgehead atoms. The van der Waals surface area contributed by atoms with Crippen molar-refractivity contribution in [3.05, 3.63) is 66.0 Å². The molecular formula is C20H20N4O. The van der Waals surface area contributed by atoms with Crippen molar-refractivity contribution in [3.63, 3.8) is 0 Å². The van der Waals surface area contributed by atoms with Gasteiger partial charge in [0.25, 0.3) is 5.91 Å². The first-order valence-electron chi connectivity index (χ1n) is 8.64. The maximum Gasteiger partial charge on any atom is 0.273 e. The van der Waals surface area contributed by atoms with Gasteiger partial charge in [0.1, 0.15) is 5.69 Å². The van der Waals surface area contributed by atoms with Crippen molar-refractivity contribution in [1.29, 1.82) is 0 Å². The second-order valence-electron chi connectivity index (χ2n) is 6.56. The molecule has 4 rings (SSSR count). The smallest absolute Gasteiger partial charge is 0.273 e. The summed E-state index contributed by atoms with van der Waals surface area (Å²) in [5.74, 6) is 0.238. The summed E-state index contributed by atoms with van der Waals surface area (Å²) in [6.07, 6.45) is 7.29. The minimum absolute atomic E-state index is 0.00196. The number of carbonyl (C=O) groups is 1. The predicted molar refractivity (Wildman–Crippen MR) is 96.4 cm³/mol. The Morgan fingerprint density at radius 1 is 1.20 bits per heavy atom. The van der Waals surface area contributed by atoms with Crippen LogP contribution in [0.4, 0.5) is 0 Å². The standard InChI is InChI=1S/C20H20N4O/c1-14-11-21-12-18(23-14)16-6-4-10-24(13-16)20(25)19-17-7-3-2-5-15(17)8-9-22-19/h2-3,5,7-9,11-12,16H,4,6,10,13H2,1H3/t16-/m0/s1. The number of aromatic nitrogens is 3. The van der Waals surface area contributed by atoms with Crippen LogP contribution in [0, 0.1) is 6.92 Å². The number of likely N-dealkylation sites (tertiary alicyclic amines) is 1. The van der Waals surface area contributed by atoms with Crippen LogP contribution in [0.1, 0.15) is 40.6 Å². The van der Waals surface area contributed by atoms with E-state index in [-0.39, 0.29) is 11.8 Å². The summed E-state index contributed by atoms with van der Waals surface area (Å²) in [4.78, 5) is 28.2. The quantitative estimate of drug-likeness (QED) is 0.722. The minimum atomic E-state index is 0.00196. The van der Waals surface area contributed by atoms with Crippen molar-refractivity contribution in [2.75, 3.05) is 13.1 Å². The number of amides is 1. The van der Waals surface area contributed by atoms with Gasteiger partial charge in [0.2, 0.25) is 0 Å². The van der Waals surface area contributed by atoms with E-state index in [4.69, 9.17) is 0 Å². The van der Waals surface area contributed by atoms with Gasteiger partial charge < -0.3 is 4.90 Å². The van der Waals surface area contributed by atoms with Gasteiger partial charge in [-0.3, -0.25) is 19.7 Å². The van der Waals surface area contributed by atoms with Crippen molar-refractivity contribution in [1.82, 2.24) is 19.9 Å². The Morgan fingerprint density at radius 3 is 2.96 bits per heavy atom. The summed E-state index contributed by atoms with van der Waals surface area (Å²) in [5.41, 5.74) is 2.43. The largest absolute Gasteiger partial charge is 0.337 e. The molecule has 1 aromatic carbocycles. The summed E-state index contributed by atoms with van der Waals surface area (Å²) in [6.45, 7) is 3.38. The molecule has 126 valence electrons. The Hall–Kier alpha value is -2.82. The number of carbonyl (C=O) groups excluding carboxylic acids is 1. The van der Waals surface area contributed by atoms with E-state index in [0.29, 0.717) is 12.2 Å². The molecule has 1 amide bonds. The van der Waals surface area contributed by atoms with Crippen LogP contribution in [0.2, 0.25) is 0 Å². The number of nitrogens with zero attached hydrogens (tertiary/aromatic N) is 4. The van der Waals surface area contributed by atoms with Gasteiger partial charge in [-0.15, -0.1) is 0 Å². The molecule has 1 aliphatic heterocycles. The number of pyridine rings is 1. The molecule has 0 unspecified atom stereocenters. The van der Waals surface area contributed by atoms with Gasteiger partial charge in [0.15, 0.2) is 0 Å². The van der Waals surface area contributed by atoms with E-state index in [9.17, 15) is 4.79 Å². The number of hydrogen-bond acceptors (Lipinski definition) is 4. The summed E-state index contributed by atoms with van der Waals surface area (Å²) >= 11 is 0. The third-order valence-corrected chi connectivity index (χ3v) is 4.78. The molecule has 0 radical (unpaired) electrons. The molecule has 0 aliphatic carbocycles. The summed E-state index contributed by atoms with van der Waals surface area (Å²) in [6, 6.07) is 9.83. The molecule has 0 spiro atoms. The minimum Gasteiger partial charge on any atom is -0.337 e. The van der Waals surface area contributed by atoms with Gasteiger partial charge >= 0.3 is 0 Å². The first kappa shape index (κ1) is 15.7. The zero-order valence-electron chi connectivity index (χ0n) is 14.2. The predicted octanol–water partition coefficient (Wildman–Crippen LogP) is 3.35. The molecular weight excluding hydrogens is 312 g/mol. The first-order chi connectivity index (χ1) is 12.2. The van der Waals surface area contributed by atoms with E-state index in [1.807, 2.05) is 48.4 Å². The Labute approximate surface area is 146 Å². The molecule has 3 aromatic rings. The molecule has 0 saturated carbocycles. The molecule has 3 heterocycles. The van der Waals surface area contributed by atoms with Gasteiger partial charge in [0, 0.05) is 43.0 Å². The lowest BCUT2D eigenvalue weighted by Gasteiger charge is -2.32. The van der Waals surface area contributed by atoms with Crippen molar-refractivity contribution >= 4 is 16.7 Å². The van der Waals surface area contributed by atoms with Crippen LogP contribution in [-0.2, 0) is 0 Å². The van der Waals surface area contributed by atoms with Crippen LogP contribution in [0.3, 0.4) is 0 Å². The molecule has 2 aromatic heterocycles. The zero-order chi connectivity index (χ0) is 17.2. The van der Waals surface area contributed by atoms with Crippen LogP contribution < -0.4 is 0 Å². The van der Waals surface area contributed by atoms with Gasteiger partial charge in [0.05, 0.1) is 11.4 Å². The monoisotopic (exact) mass is 332 g/mol. The Bertz CT molecular complexity index is 919. The Morgan fingerprint density at radius 2 is 2.08 bits per heavy atom.